The molecule has 0 radical (unpaired) electrons. The summed E-state index contributed by atoms with van der Waals surface area (Å²) in [5.41, 5.74) is 6.40. The summed E-state index contributed by atoms with van der Waals surface area (Å²) in [6.45, 7) is 13.8. The molecular weight excluding hydrogens is 214 g/mol. The quantitative estimate of drug-likeness (QED) is 0.765. The molecule has 2 fully saturated rings. The molecule has 17 heavy (non-hydrogen) atoms. The van der Waals surface area contributed by atoms with Gasteiger partial charge in [-0.3, -0.25) is 9.80 Å². The molecule has 0 aromatic heterocycles. The Labute approximate surface area is 105 Å². The van der Waals surface area contributed by atoms with Gasteiger partial charge in [-0.2, -0.15) is 0 Å². The van der Waals surface area contributed by atoms with Crippen LogP contribution in [0.4, 0.5) is 0 Å². The van der Waals surface area contributed by atoms with Gasteiger partial charge in [-0.05, 0) is 27.2 Å². The third-order valence-corrected chi connectivity index (χ3v) is 4.36. The first-order chi connectivity index (χ1) is 7.98. The minimum absolute atomic E-state index is 0.129. The maximum absolute atomic E-state index is 5.98. The Morgan fingerprint density at radius 2 is 1.82 bits per heavy atom. The average Bonchev–Trinajstić information content (AvgIpc) is 2.78. The van der Waals surface area contributed by atoms with E-state index in [0.29, 0.717) is 0 Å². The van der Waals surface area contributed by atoms with Gasteiger partial charge in [-0.25, -0.2) is 0 Å². The molecule has 0 amide bonds. The first kappa shape index (κ1) is 13.3. The number of hydrogen-bond donors (Lipinski definition) is 1. The molecule has 0 spiro atoms. The summed E-state index contributed by atoms with van der Waals surface area (Å²) < 4.78 is 5.56. The largest absolute Gasteiger partial charge is 0.379 e. The molecule has 2 aliphatic rings. The number of nitrogens with zero attached hydrogens (tertiary/aromatic N) is 2. The number of piperazine rings is 1. The zero-order chi connectivity index (χ0) is 12.5. The van der Waals surface area contributed by atoms with Crippen molar-refractivity contribution >= 4 is 0 Å². The van der Waals surface area contributed by atoms with Crippen molar-refractivity contribution in [1.82, 2.24) is 9.80 Å². The van der Waals surface area contributed by atoms with Gasteiger partial charge in [0.15, 0.2) is 0 Å². The summed E-state index contributed by atoms with van der Waals surface area (Å²) in [5.74, 6) is 0. The molecule has 2 aliphatic heterocycles. The van der Waals surface area contributed by atoms with Crippen molar-refractivity contribution in [3.8, 4) is 0 Å². The van der Waals surface area contributed by atoms with Gasteiger partial charge >= 0.3 is 0 Å². The second-order valence-electron chi connectivity index (χ2n) is 6.38. The Bertz CT molecular complexity index is 248. The first-order valence-corrected chi connectivity index (χ1v) is 6.76. The van der Waals surface area contributed by atoms with Crippen LogP contribution in [0.15, 0.2) is 0 Å². The topological polar surface area (TPSA) is 41.7 Å². The molecule has 4 heteroatoms. The zero-order valence-electron chi connectivity index (χ0n) is 11.5. The summed E-state index contributed by atoms with van der Waals surface area (Å²) in [5, 5.41) is 0. The van der Waals surface area contributed by atoms with Crippen molar-refractivity contribution in [3.63, 3.8) is 0 Å². The third-order valence-electron chi connectivity index (χ3n) is 4.36. The van der Waals surface area contributed by atoms with Crippen LogP contribution in [-0.4, -0.2) is 66.8 Å². The van der Waals surface area contributed by atoms with Crippen LogP contribution in [0.25, 0.3) is 0 Å². The molecule has 4 nitrogen and oxygen atoms in total. The molecule has 0 bridgehead atoms. The second kappa shape index (κ2) is 4.84. The predicted octanol–water partition coefficient (Wildman–Crippen LogP) is 0.520. The van der Waals surface area contributed by atoms with E-state index in [1.54, 1.807) is 0 Å². The maximum Gasteiger partial charge on any atom is 0.0663 e. The molecule has 2 saturated heterocycles. The molecule has 0 aromatic rings. The van der Waals surface area contributed by atoms with Crippen LogP contribution in [0.2, 0.25) is 0 Å². The summed E-state index contributed by atoms with van der Waals surface area (Å²) in [7, 11) is 0. The van der Waals surface area contributed by atoms with E-state index in [9.17, 15) is 0 Å². The lowest BCUT2D eigenvalue weighted by Gasteiger charge is -2.48. The van der Waals surface area contributed by atoms with Gasteiger partial charge in [-0.15, -0.1) is 0 Å². The van der Waals surface area contributed by atoms with E-state index in [2.05, 4.69) is 30.6 Å². The Morgan fingerprint density at radius 3 is 2.24 bits per heavy atom. The van der Waals surface area contributed by atoms with Crippen LogP contribution in [0.3, 0.4) is 0 Å². The molecule has 2 rings (SSSR count). The fourth-order valence-electron chi connectivity index (χ4n) is 2.99. The Balaban J connectivity index is 1.94. The van der Waals surface area contributed by atoms with E-state index in [4.69, 9.17) is 10.5 Å². The van der Waals surface area contributed by atoms with Gasteiger partial charge in [0.1, 0.15) is 0 Å². The molecule has 0 saturated carbocycles. The van der Waals surface area contributed by atoms with Crippen LogP contribution in [0.5, 0.6) is 0 Å². The van der Waals surface area contributed by atoms with Gasteiger partial charge in [0, 0.05) is 44.9 Å². The van der Waals surface area contributed by atoms with Crippen LogP contribution in [-0.2, 0) is 4.74 Å². The average molecular weight is 241 g/mol. The summed E-state index contributed by atoms with van der Waals surface area (Å²) in [6.07, 6.45) is 1.10. The lowest BCUT2D eigenvalue weighted by atomic mass is 9.94. The van der Waals surface area contributed by atoms with Crippen molar-refractivity contribution in [2.45, 2.75) is 38.3 Å². The number of hydrogen-bond acceptors (Lipinski definition) is 4. The van der Waals surface area contributed by atoms with Crippen LogP contribution in [0.1, 0.15) is 27.2 Å². The summed E-state index contributed by atoms with van der Waals surface area (Å²) >= 11 is 0. The molecule has 100 valence electrons. The highest BCUT2D eigenvalue weighted by molar-refractivity contribution is 4.97. The van der Waals surface area contributed by atoms with E-state index in [1.807, 2.05) is 0 Å². The number of ether oxygens (including phenoxy) is 1. The SMILES string of the molecule is CC(C)(C)N1CCN(C2(CN)CCOC2)CC1. The van der Waals surface area contributed by atoms with Gasteiger partial charge < -0.3 is 10.5 Å². The first-order valence-electron chi connectivity index (χ1n) is 6.76. The van der Waals surface area contributed by atoms with Crippen molar-refractivity contribution in [2.24, 2.45) is 5.73 Å². The Kier molecular flexibility index (Phi) is 3.78. The monoisotopic (exact) mass is 241 g/mol. The molecular formula is C13H27N3O. The van der Waals surface area contributed by atoms with Gasteiger partial charge in [0.25, 0.3) is 0 Å². The second-order valence-corrected chi connectivity index (χ2v) is 6.38. The van der Waals surface area contributed by atoms with Gasteiger partial charge in [-0.1, -0.05) is 0 Å². The van der Waals surface area contributed by atoms with Crippen molar-refractivity contribution in [1.29, 1.82) is 0 Å². The Morgan fingerprint density at radius 1 is 1.18 bits per heavy atom. The minimum Gasteiger partial charge on any atom is -0.379 e. The van der Waals surface area contributed by atoms with Crippen LogP contribution in [0, 0.1) is 0 Å². The van der Waals surface area contributed by atoms with Gasteiger partial charge in [0.05, 0.1) is 12.1 Å². The molecule has 2 heterocycles. The predicted molar refractivity (Wildman–Crippen MR) is 70.1 cm³/mol. The summed E-state index contributed by atoms with van der Waals surface area (Å²) in [4.78, 5) is 5.12. The van der Waals surface area contributed by atoms with E-state index >= 15 is 0 Å². The van der Waals surface area contributed by atoms with Crippen LogP contribution >= 0.6 is 0 Å². The summed E-state index contributed by atoms with van der Waals surface area (Å²) in [6, 6.07) is 0. The fraction of sp³-hybridized carbons (Fsp3) is 1.00. The van der Waals surface area contributed by atoms with E-state index in [-0.39, 0.29) is 11.1 Å². The van der Waals surface area contributed by atoms with Gasteiger partial charge in [0.2, 0.25) is 0 Å². The smallest absolute Gasteiger partial charge is 0.0663 e. The standard InChI is InChI=1S/C13H27N3O/c1-12(2,3)15-5-7-16(8-6-15)13(10-14)4-9-17-11-13/h4-11,14H2,1-3H3. The molecule has 0 aliphatic carbocycles. The maximum atomic E-state index is 5.98. The fourth-order valence-corrected chi connectivity index (χ4v) is 2.99. The molecule has 1 atom stereocenters. The van der Waals surface area contributed by atoms with Crippen molar-refractivity contribution in [2.75, 3.05) is 45.9 Å². The van der Waals surface area contributed by atoms with E-state index in [1.165, 1.54) is 0 Å². The number of nitrogens with two attached hydrogens (primary N) is 1. The molecule has 1 unspecified atom stereocenters. The highest BCUT2D eigenvalue weighted by atomic mass is 16.5. The third kappa shape index (κ3) is 2.65. The highest BCUT2D eigenvalue weighted by Gasteiger charge is 2.41. The van der Waals surface area contributed by atoms with Crippen molar-refractivity contribution < 1.29 is 4.74 Å². The van der Waals surface area contributed by atoms with Crippen LogP contribution < -0.4 is 5.73 Å². The Hall–Kier alpha value is -0.160. The highest BCUT2D eigenvalue weighted by Crippen LogP contribution is 2.27. The lowest BCUT2D eigenvalue weighted by molar-refractivity contribution is -0.000375. The number of rotatable bonds is 2. The zero-order valence-corrected chi connectivity index (χ0v) is 11.5. The molecule has 2 N–H and O–H groups in total. The molecule has 0 aromatic carbocycles. The van der Waals surface area contributed by atoms with E-state index < -0.39 is 0 Å². The normalized spacial score (nSPS) is 33.2. The van der Waals surface area contributed by atoms with E-state index in [0.717, 1.165) is 52.4 Å². The minimum atomic E-state index is 0.129. The van der Waals surface area contributed by atoms with Crippen molar-refractivity contribution in [3.05, 3.63) is 0 Å². The lowest BCUT2D eigenvalue weighted by Crippen LogP contribution is -2.62.